The molecule has 11 nitrogen and oxygen atoms in total. The number of azo groups is 1. The molecule has 2 N–H and O–H groups in total. The maximum atomic E-state index is 13.3. The SMILES string of the molecule is Cc1nn(-c2ccccc2)c([O-])c1N=Nc1c([O-])cc(S(=O)(=O)N(CCO)CCO)c2ccccc12.Cl.[Cr+3]. The third-order valence-electron chi connectivity index (χ3n) is 5.50. The van der Waals surface area contributed by atoms with Gasteiger partial charge in [0, 0.05) is 29.7 Å². The average molecular weight is 598 g/mol. The number of nitrogens with zero attached hydrogens (tertiary/aromatic N) is 5. The summed E-state index contributed by atoms with van der Waals surface area (Å²) in [5.74, 6) is -1.23. The van der Waals surface area contributed by atoms with Crippen molar-refractivity contribution in [3.8, 4) is 17.3 Å². The molecule has 14 heteroatoms. The Kier molecular flexibility index (Phi) is 10.8. The van der Waals surface area contributed by atoms with Gasteiger partial charge in [-0.2, -0.15) is 14.5 Å². The van der Waals surface area contributed by atoms with Crippen molar-refractivity contribution in [2.45, 2.75) is 11.8 Å². The number of aryl methyl sites for hydroxylation is 1. The molecule has 0 saturated carbocycles. The summed E-state index contributed by atoms with van der Waals surface area (Å²) in [6.45, 7) is 0.189. The first-order chi connectivity index (χ1) is 17.3. The van der Waals surface area contributed by atoms with Gasteiger partial charge in [0.05, 0.1) is 35.2 Å². The number of sulfonamides is 1. The first kappa shape index (κ1) is 31.2. The van der Waals surface area contributed by atoms with Gasteiger partial charge < -0.3 is 20.4 Å². The van der Waals surface area contributed by atoms with E-state index in [-0.39, 0.29) is 69.9 Å². The molecule has 1 heterocycles. The van der Waals surface area contributed by atoms with Gasteiger partial charge in [-0.3, -0.25) is 0 Å². The van der Waals surface area contributed by atoms with Crippen molar-refractivity contribution < 1.29 is 46.2 Å². The van der Waals surface area contributed by atoms with Gasteiger partial charge in [0.25, 0.3) is 0 Å². The van der Waals surface area contributed by atoms with Gasteiger partial charge in [0.15, 0.2) is 0 Å². The molecule has 0 aliphatic carbocycles. The number of hydrogen-bond acceptors (Lipinski definition) is 9. The molecular weight excluding hydrogens is 574 g/mol. The second-order valence-electron chi connectivity index (χ2n) is 7.80. The normalized spacial score (nSPS) is 11.6. The molecule has 0 atom stereocenters. The first-order valence-electron chi connectivity index (χ1n) is 11.0. The Morgan fingerprint density at radius 1 is 0.921 bits per heavy atom. The first-order valence-corrected chi connectivity index (χ1v) is 12.4. The Hall–Kier alpha value is -3.02. The van der Waals surface area contributed by atoms with Gasteiger partial charge in [-0.05, 0) is 25.1 Å². The minimum atomic E-state index is -4.22. The third kappa shape index (κ3) is 6.00. The summed E-state index contributed by atoms with van der Waals surface area (Å²) in [5.41, 5.74) is 0.682. The smallest absolute Gasteiger partial charge is 0.871 e. The van der Waals surface area contributed by atoms with E-state index < -0.39 is 34.9 Å². The van der Waals surface area contributed by atoms with Crippen LogP contribution in [0.1, 0.15) is 5.69 Å². The van der Waals surface area contributed by atoms with Gasteiger partial charge in [0.1, 0.15) is 5.69 Å². The standard InChI is InChI=1S/C24H25N5O6S.ClH.Cr/c1-16-22(24(33)29(27-16)17-7-3-2-4-8-17)25-26-23-19-10-6-5-9-18(19)21(15-20(23)32)36(34,35)28(11-13-30)12-14-31;;/h2-10,15,30-33H,11-14H2,1H3;1H;/q;;+3/p-2. The van der Waals surface area contributed by atoms with Crippen molar-refractivity contribution in [3.05, 3.63) is 66.4 Å². The number of para-hydroxylation sites is 1. The molecule has 0 saturated heterocycles. The molecule has 0 amide bonds. The second kappa shape index (κ2) is 13.2. The van der Waals surface area contributed by atoms with E-state index >= 15 is 0 Å². The van der Waals surface area contributed by atoms with E-state index in [0.717, 1.165) is 10.4 Å². The van der Waals surface area contributed by atoms with E-state index in [1.165, 1.54) is 16.8 Å². The molecule has 0 unspecified atom stereocenters. The van der Waals surface area contributed by atoms with Gasteiger partial charge >= 0.3 is 17.4 Å². The van der Waals surface area contributed by atoms with E-state index in [2.05, 4.69) is 15.3 Å². The van der Waals surface area contributed by atoms with Crippen LogP contribution in [0.4, 0.5) is 11.4 Å². The number of fused-ring (bicyclic) bond motifs is 1. The van der Waals surface area contributed by atoms with Crippen molar-refractivity contribution in [2.75, 3.05) is 26.3 Å². The Morgan fingerprint density at radius 3 is 2.08 bits per heavy atom. The summed E-state index contributed by atoms with van der Waals surface area (Å²) in [6, 6.07) is 16.0. The number of rotatable bonds is 9. The predicted molar refractivity (Wildman–Crippen MR) is 135 cm³/mol. The van der Waals surface area contributed by atoms with Gasteiger partial charge in [-0.1, -0.05) is 48.2 Å². The van der Waals surface area contributed by atoms with Crippen molar-refractivity contribution in [1.82, 2.24) is 14.1 Å². The minimum Gasteiger partial charge on any atom is -0.871 e. The molecular formula is C24H24ClCrN5O6S+. The van der Waals surface area contributed by atoms with Crippen molar-refractivity contribution >= 4 is 44.6 Å². The molecule has 3 aromatic carbocycles. The predicted octanol–water partition coefficient (Wildman–Crippen LogP) is 2.29. The van der Waals surface area contributed by atoms with Crippen LogP contribution < -0.4 is 10.2 Å². The zero-order valence-corrected chi connectivity index (χ0v) is 23.0. The molecule has 4 aromatic rings. The summed E-state index contributed by atoms with van der Waals surface area (Å²) in [4.78, 5) is -0.276. The number of aromatic nitrogens is 2. The quantitative estimate of drug-likeness (QED) is 0.279. The maximum Gasteiger partial charge on any atom is 3.00 e. The van der Waals surface area contributed by atoms with Crippen molar-refractivity contribution in [2.24, 2.45) is 10.2 Å². The van der Waals surface area contributed by atoms with E-state index in [9.17, 15) is 28.8 Å². The molecule has 0 bridgehead atoms. The van der Waals surface area contributed by atoms with Crippen LogP contribution in [0.15, 0.2) is 75.8 Å². The maximum absolute atomic E-state index is 13.3. The fourth-order valence-electron chi connectivity index (χ4n) is 3.79. The number of halogens is 1. The van der Waals surface area contributed by atoms with E-state index in [1.807, 2.05) is 6.07 Å². The zero-order valence-electron chi connectivity index (χ0n) is 20.1. The molecule has 0 fully saturated rings. The van der Waals surface area contributed by atoms with Crippen LogP contribution in [-0.4, -0.2) is 59.0 Å². The minimum absolute atomic E-state index is 0. The van der Waals surface area contributed by atoms with Gasteiger partial charge in [-0.15, -0.1) is 17.5 Å². The zero-order chi connectivity index (χ0) is 25.9. The average Bonchev–Trinajstić information content (AvgIpc) is 3.16. The van der Waals surface area contributed by atoms with Gasteiger partial charge in [-0.25, -0.2) is 13.1 Å². The Morgan fingerprint density at radius 2 is 1.47 bits per heavy atom. The summed E-state index contributed by atoms with van der Waals surface area (Å²) < 4.78 is 28.6. The molecule has 38 heavy (non-hydrogen) atoms. The fourth-order valence-corrected chi connectivity index (χ4v) is 5.42. The summed E-state index contributed by atoms with van der Waals surface area (Å²) in [7, 11) is -4.22. The fraction of sp³-hybridized carbons (Fsp3) is 0.208. The van der Waals surface area contributed by atoms with Crippen molar-refractivity contribution in [3.63, 3.8) is 0 Å². The van der Waals surface area contributed by atoms with Crippen LogP contribution in [0.2, 0.25) is 0 Å². The van der Waals surface area contributed by atoms with Crippen LogP contribution in [0, 0.1) is 6.92 Å². The van der Waals surface area contributed by atoms with Crippen molar-refractivity contribution in [1.29, 1.82) is 0 Å². The van der Waals surface area contributed by atoms with E-state index in [0.29, 0.717) is 11.4 Å². The summed E-state index contributed by atoms with van der Waals surface area (Å²) >= 11 is 0. The number of hydrogen-bond donors (Lipinski definition) is 2. The third-order valence-corrected chi connectivity index (χ3v) is 7.44. The Bertz CT molecular complexity index is 1530. The van der Waals surface area contributed by atoms with Crippen LogP contribution in [0.25, 0.3) is 16.5 Å². The number of aliphatic hydroxyl groups excluding tert-OH is 2. The molecule has 1 aromatic heterocycles. The second-order valence-corrected chi connectivity index (χ2v) is 9.71. The Labute approximate surface area is 236 Å². The van der Waals surface area contributed by atoms with Crippen LogP contribution in [0.5, 0.6) is 11.6 Å². The molecule has 0 aliphatic rings. The van der Waals surface area contributed by atoms with Crippen LogP contribution in [-0.2, 0) is 27.4 Å². The van der Waals surface area contributed by atoms with E-state index in [1.54, 1.807) is 43.3 Å². The largest absolute Gasteiger partial charge is 3.00 e. The monoisotopic (exact) mass is 597 g/mol. The summed E-state index contributed by atoms with van der Waals surface area (Å²) in [5, 5.41) is 57.2. The summed E-state index contributed by atoms with van der Waals surface area (Å²) in [6.07, 6.45) is 0. The van der Waals surface area contributed by atoms with E-state index in [4.69, 9.17) is 0 Å². The number of aliphatic hydroxyl groups is 2. The molecule has 1 radical (unpaired) electrons. The van der Waals surface area contributed by atoms with Crippen LogP contribution >= 0.6 is 12.4 Å². The number of benzene rings is 3. The topological polar surface area (TPSA) is 166 Å². The van der Waals surface area contributed by atoms with Crippen LogP contribution in [0.3, 0.4) is 0 Å². The molecule has 199 valence electrons. The molecule has 0 aliphatic heterocycles. The van der Waals surface area contributed by atoms with Gasteiger partial charge in [0.2, 0.25) is 10.0 Å². The molecule has 4 rings (SSSR count). The molecule has 0 spiro atoms. The Balaban J connectivity index is 0.00000253.